The van der Waals surface area contributed by atoms with Gasteiger partial charge in [-0.15, -0.1) is 0 Å². The molecule has 0 saturated heterocycles. The SMILES string of the molecule is CC(C)[C@H](NC(=O)CCCCCN)C(=O)N[C@@H](CCCNC(N)=O)C(=O)Nc1ccc(COC(=O)C(C)(C)C)cc1. The fourth-order valence-electron chi connectivity index (χ4n) is 3.71. The van der Waals surface area contributed by atoms with E-state index >= 15 is 0 Å². The Bertz CT molecular complexity index is 1010. The van der Waals surface area contributed by atoms with Crippen LogP contribution in [-0.2, 0) is 30.5 Å². The second kappa shape index (κ2) is 17.9. The van der Waals surface area contributed by atoms with Crippen molar-refractivity contribution >= 4 is 35.4 Å². The molecule has 1 aromatic rings. The highest BCUT2D eigenvalue weighted by atomic mass is 16.5. The van der Waals surface area contributed by atoms with Gasteiger partial charge < -0.3 is 37.5 Å². The van der Waals surface area contributed by atoms with Crippen LogP contribution in [0.25, 0.3) is 0 Å². The van der Waals surface area contributed by atoms with Gasteiger partial charge >= 0.3 is 12.0 Å². The predicted molar refractivity (Wildman–Crippen MR) is 157 cm³/mol. The highest BCUT2D eigenvalue weighted by Crippen LogP contribution is 2.18. The number of nitrogens with two attached hydrogens (primary N) is 2. The van der Waals surface area contributed by atoms with Crippen molar-refractivity contribution in [1.82, 2.24) is 16.0 Å². The van der Waals surface area contributed by atoms with Crippen LogP contribution in [0.5, 0.6) is 0 Å². The minimum Gasteiger partial charge on any atom is -0.460 e. The first-order chi connectivity index (χ1) is 19.2. The molecule has 230 valence electrons. The molecule has 0 aliphatic heterocycles. The second-order valence-corrected chi connectivity index (χ2v) is 11.4. The van der Waals surface area contributed by atoms with Crippen molar-refractivity contribution in [1.29, 1.82) is 0 Å². The van der Waals surface area contributed by atoms with Gasteiger partial charge in [-0.2, -0.15) is 0 Å². The number of carbonyl (C=O) groups excluding carboxylic acids is 5. The maximum Gasteiger partial charge on any atom is 0.312 e. The van der Waals surface area contributed by atoms with E-state index in [4.69, 9.17) is 16.2 Å². The molecule has 0 fully saturated rings. The summed E-state index contributed by atoms with van der Waals surface area (Å²) >= 11 is 0. The van der Waals surface area contributed by atoms with Crippen LogP contribution in [0.4, 0.5) is 10.5 Å². The van der Waals surface area contributed by atoms with Gasteiger partial charge in [-0.1, -0.05) is 32.4 Å². The predicted octanol–water partition coefficient (Wildman–Crippen LogP) is 2.31. The summed E-state index contributed by atoms with van der Waals surface area (Å²) in [6.45, 7) is 9.83. The first-order valence-electron chi connectivity index (χ1n) is 14.1. The van der Waals surface area contributed by atoms with Crippen LogP contribution in [0.2, 0.25) is 0 Å². The molecule has 0 radical (unpaired) electrons. The summed E-state index contributed by atoms with van der Waals surface area (Å²) in [5.74, 6) is -1.71. The van der Waals surface area contributed by atoms with Crippen LogP contribution < -0.4 is 32.7 Å². The molecule has 8 N–H and O–H groups in total. The Morgan fingerprint density at radius 1 is 0.902 bits per heavy atom. The molecule has 0 spiro atoms. The van der Waals surface area contributed by atoms with Gasteiger partial charge in [0, 0.05) is 18.7 Å². The number of carbonyl (C=O) groups is 5. The molecule has 2 atom stereocenters. The lowest BCUT2D eigenvalue weighted by Gasteiger charge is -2.25. The van der Waals surface area contributed by atoms with Crippen LogP contribution in [0.1, 0.15) is 78.7 Å². The first-order valence-corrected chi connectivity index (χ1v) is 14.1. The Kier molecular flexibility index (Phi) is 15.4. The van der Waals surface area contributed by atoms with Crippen molar-refractivity contribution in [3.05, 3.63) is 29.8 Å². The van der Waals surface area contributed by atoms with Gasteiger partial charge in [0.25, 0.3) is 0 Å². The van der Waals surface area contributed by atoms with E-state index in [1.807, 2.05) is 13.8 Å². The molecule has 1 aromatic carbocycles. The van der Waals surface area contributed by atoms with Gasteiger partial charge in [-0.3, -0.25) is 19.2 Å². The molecule has 5 amide bonds. The normalized spacial score (nSPS) is 12.7. The summed E-state index contributed by atoms with van der Waals surface area (Å²) in [5.41, 5.74) is 11.2. The quantitative estimate of drug-likeness (QED) is 0.121. The number of rotatable bonds is 17. The van der Waals surface area contributed by atoms with Gasteiger partial charge in [-0.05, 0) is 76.6 Å². The number of benzene rings is 1. The summed E-state index contributed by atoms with van der Waals surface area (Å²) in [4.78, 5) is 61.9. The van der Waals surface area contributed by atoms with Crippen molar-refractivity contribution in [2.24, 2.45) is 22.8 Å². The number of hydrogen-bond acceptors (Lipinski definition) is 7. The summed E-state index contributed by atoms with van der Waals surface area (Å²) < 4.78 is 5.32. The highest BCUT2D eigenvalue weighted by molar-refractivity contribution is 5.98. The first kappa shape index (κ1) is 35.4. The number of ether oxygens (including phenoxy) is 1. The third-order valence-electron chi connectivity index (χ3n) is 6.18. The molecule has 0 unspecified atom stereocenters. The minimum atomic E-state index is -0.938. The summed E-state index contributed by atoms with van der Waals surface area (Å²) in [7, 11) is 0. The molecular weight excluding hydrogens is 528 g/mol. The van der Waals surface area contributed by atoms with Gasteiger partial charge in [0.05, 0.1) is 5.41 Å². The van der Waals surface area contributed by atoms with E-state index in [-0.39, 0.29) is 43.8 Å². The number of unbranched alkanes of at least 4 members (excludes halogenated alkanes) is 2. The van der Waals surface area contributed by atoms with Gasteiger partial charge in [-0.25, -0.2) is 4.79 Å². The smallest absolute Gasteiger partial charge is 0.312 e. The molecule has 12 nitrogen and oxygen atoms in total. The second-order valence-electron chi connectivity index (χ2n) is 11.4. The molecule has 12 heteroatoms. The maximum absolute atomic E-state index is 13.2. The van der Waals surface area contributed by atoms with Crippen LogP contribution in [0.3, 0.4) is 0 Å². The van der Waals surface area contributed by atoms with E-state index in [1.54, 1.807) is 45.0 Å². The molecule has 0 aliphatic carbocycles. The van der Waals surface area contributed by atoms with Crippen molar-refractivity contribution in [2.45, 2.75) is 91.8 Å². The zero-order valence-corrected chi connectivity index (χ0v) is 25.0. The molecule has 41 heavy (non-hydrogen) atoms. The Balaban J connectivity index is 2.88. The fraction of sp³-hybridized carbons (Fsp3) is 0.621. The molecule has 0 bridgehead atoms. The Morgan fingerprint density at radius 3 is 2.12 bits per heavy atom. The fourth-order valence-corrected chi connectivity index (χ4v) is 3.71. The molecule has 0 saturated carbocycles. The van der Waals surface area contributed by atoms with E-state index in [0.29, 0.717) is 25.1 Å². The lowest BCUT2D eigenvalue weighted by Crippen LogP contribution is -2.54. The van der Waals surface area contributed by atoms with Crippen molar-refractivity contribution < 1.29 is 28.7 Å². The number of urea groups is 1. The number of anilines is 1. The van der Waals surface area contributed by atoms with Crippen LogP contribution in [0.15, 0.2) is 24.3 Å². The average Bonchev–Trinajstić information content (AvgIpc) is 2.89. The monoisotopic (exact) mass is 576 g/mol. The van der Waals surface area contributed by atoms with Crippen LogP contribution in [0, 0.1) is 11.3 Å². The zero-order valence-electron chi connectivity index (χ0n) is 25.0. The largest absolute Gasteiger partial charge is 0.460 e. The van der Waals surface area contributed by atoms with E-state index < -0.39 is 35.3 Å². The maximum atomic E-state index is 13.2. The summed E-state index contributed by atoms with van der Waals surface area (Å²) in [6, 6.07) is 4.36. The topological polar surface area (TPSA) is 195 Å². The minimum absolute atomic E-state index is 0.102. The average molecular weight is 577 g/mol. The van der Waals surface area contributed by atoms with E-state index in [2.05, 4.69) is 21.3 Å². The van der Waals surface area contributed by atoms with Crippen molar-refractivity contribution in [3.63, 3.8) is 0 Å². The van der Waals surface area contributed by atoms with E-state index in [1.165, 1.54) is 0 Å². The lowest BCUT2D eigenvalue weighted by molar-refractivity contribution is -0.154. The van der Waals surface area contributed by atoms with Gasteiger partial charge in [0.15, 0.2) is 0 Å². The number of nitrogens with one attached hydrogen (secondary N) is 4. The van der Waals surface area contributed by atoms with E-state index in [9.17, 15) is 24.0 Å². The Labute approximate surface area is 243 Å². The lowest BCUT2D eigenvalue weighted by atomic mass is 9.97. The Morgan fingerprint density at radius 2 is 1.56 bits per heavy atom. The van der Waals surface area contributed by atoms with E-state index in [0.717, 1.165) is 18.4 Å². The third-order valence-corrected chi connectivity index (χ3v) is 6.18. The molecule has 0 aromatic heterocycles. The number of hydrogen-bond donors (Lipinski definition) is 6. The Hall–Kier alpha value is -3.67. The van der Waals surface area contributed by atoms with Crippen molar-refractivity contribution in [2.75, 3.05) is 18.4 Å². The summed E-state index contributed by atoms with van der Waals surface area (Å²) in [5, 5.41) is 10.8. The molecule has 0 aliphatic rings. The van der Waals surface area contributed by atoms with Crippen molar-refractivity contribution in [3.8, 4) is 0 Å². The van der Waals surface area contributed by atoms with Gasteiger partial charge in [0.2, 0.25) is 17.7 Å². The third kappa shape index (κ3) is 14.5. The molecule has 0 heterocycles. The number of primary amides is 1. The zero-order chi connectivity index (χ0) is 31.0. The van der Waals surface area contributed by atoms with Crippen LogP contribution in [-0.4, -0.2) is 54.9 Å². The van der Waals surface area contributed by atoms with Crippen LogP contribution >= 0.6 is 0 Å². The van der Waals surface area contributed by atoms with Gasteiger partial charge in [0.1, 0.15) is 18.7 Å². The standard InChI is InChI=1S/C29H48N6O6/c1-19(2)24(35-23(36)11-7-6-8-16-30)26(38)34-22(10-9-17-32-28(31)40)25(37)33-21-14-12-20(13-15-21)18-41-27(39)29(3,4)5/h12-15,19,22,24H,6-11,16-18,30H2,1-5H3,(H,33,37)(H,34,38)(H,35,36)(H3,31,32,40)/t22-,24-/m0/s1. The molecule has 1 rings (SSSR count). The summed E-state index contributed by atoms with van der Waals surface area (Å²) in [6.07, 6.45) is 3.20. The number of amides is 5. The number of esters is 1. The molecular formula is C29H48N6O6. The highest BCUT2D eigenvalue weighted by Gasteiger charge is 2.29.